The van der Waals surface area contributed by atoms with Crippen LogP contribution >= 0.6 is 11.6 Å². The predicted molar refractivity (Wildman–Crippen MR) is 160 cm³/mol. The maximum absolute atomic E-state index is 12.6. The Hall–Kier alpha value is -5.03. The Kier molecular flexibility index (Phi) is 10.6. The van der Waals surface area contributed by atoms with Gasteiger partial charge in [-0.3, -0.25) is 4.79 Å². The smallest absolute Gasteiger partial charge is 0.338 e. The summed E-state index contributed by atoms with van der Waals surface area (Å²) in [6, 6.07) is 18.3. The lowest BCUT2D eigenvalue weighted by molar-refractivity contribution is -0.139. The summed E-state index contributed by atoms with van der Waals surface area (Å²) < 4.78 is 22.1. The fourth-order valence-corrected chi connectivity index (χ4v) is 4.45. The van der Waals surface area contributed by atoms with E-state index in [2.05, 4.69) is 21.2 Å². The summed E-state index contributed by atoms with van der Waals surface area (Å²) in [4.78, 5) is 37.1. The van der Waals surface area contributed by atoms with Crippen LogP contribution in [0.15, 0.2) is 83.1 Å². The fraction of sp³-hybridized carbons (Fsp3) is 0.226. The predicted octanol–water partition coefficient (Wildman–Crippen LogP) is 4.65. The maximum Gasteiger partial charge on any atom is 0.338 e. The zero-order valence-electron chi connectivity index (χ0n) is 23.8. The van der Waals surface area contributed by atoms with Gasteiger partial charge in [0.25, 0.3) is 5.91 Å². The second-order valence-electron chi connectivity index (χ2n) is 9.27. The van der Waals surface area contributed by atoms with Gasteiger partial charge in [0.2, 0.25) is 0 Å². The molecular weight excluding hydrogens is 576 g/mol. The minimum absolute atomic E-state index is 0.185. The Morgan fingerprint density at radius 1 is 1.05 bits per heavy atom. The Bertz CT molecular complexity index is 1560. The molecule has 0 bridgehead atoms. The molecule has 0 aliphatic carbocycles. The van der Waals surface area contributed by atoms with Crippen molar-refractivity contribution in [2.45, 2.75) is 26.5 Å². The largest absolute Gasteiger partial charge is 0.493 e. The quantitative estimate of drug-likeness (QED) is 0.155. The average molecular weight is 607 g/mol. The van der Waals surface area contributed by atoms with Crippen LogP contribution in [0.1, 0.15) is 36.6 Å². The van der Waals surface area contributed by atoms with Crippen molar-refractivity contribution in [1.29, 1.82) is 0 Å². The number of allylic oxidation sites excluding steroid dienone is 1. The van der Waals surface area contributed by atoms with Crippen LogP contribution in [0.3, 0.4) is 0 Å². The number of carbonyl (C=O) groups excluding carboxylic acids is 3. The third-order valence-corrected chi connectivity index (χ3v) is 6.43. The number of esters is 1. The first-order chi connectivity index (χ1) is 20.8. The third kappa shape index (κ3) is 8.49. The van der Waals surface area contributed by atoms with Crippen LogP contribution in [0.5, 0.6) is 17.2 Å². The summed E-state index contributed by atoms with van der Waals surface area (Å²) in [5, 5.41) is 9.96. The molecule has 0 spiro atoms. The molecule has 0 saturated heterocycles. The number of ether oxygens (including phenoxy) is 4. The van der Waals surface area contributed by atoms with Gasteiger partial charge in [-0.05, 0) is 66.9 Å². The van der Waals surface area contributed by atoms with Crippen molar-refractivity contribution in [3.63, 3.8) is 0 Å². The number of nitrogens with one attached hydrogen (secondary N) is 3. The molecule has 0 saturated carbocycles. The molecule has 1 atom stereocenters. The van der Waals surface area contributed by atoms with Gasteiger partial charge in [0, 0.05) is 10.7 Å². The van der Waals surface area contributed by atoms with Crippen molar-refractivity contribution in [3.8, 4) is 17.2 Å². The lowest BCUT2D eigenvalue weighted by Gasteiger charge is -2.28. The number of carbonyl (C=O) groups is 3. The first-order valence-electron chi connectivity index (χ1n) is 13.3. The van der Waals surface area contributed by atoms with E-state index in [0.717, 1.165) is 11.1 Å². The van der Waals surface area contributed by atoms with E-state index >= 15 is 0 Å². The van der Waals surface area contributed by atoms with Gasteiger partial charge < -0.3 is 29.6 Å². The van der Waals surface area contributed by atoms with Crippen LogP contribution in [0.25, 0.3) is 0 Å². The molecule has 12 heteroatoms. The van der Waals surface area contributed by atoms with Gasteiger partial charge in [-0.2, -0.15) is 5.10 Å². The molecule has 1 aliphatic heterocycles. The van der Waals surface area contributed by atoms with Gasteiger partial charge in [-0.25, -0.2) is 15.0 Å². The number of amides is 3. The summed E-state index contributed by atoms with van der Waals surface area (Å²) in [6.07, 6.45) is 1.49. The summed E-state index contributed by atoms with van der Waals surface area (Å²) >= 11 is 6.02. The number of rotatable bonds is 12. The van der Waals surface area contributed by atoms with Crippen molar-refractivity contribution >= 4 is 35.7 Å². The van der Waals surface area contributed by atoms with Gasteiger partial charge in [0.1, 0.15) is 12.4 Å². The number of hydrogen-bond donors (Lipinski definition) is 3. The van der Waals surface area contributed by atoms with Gasteiger partial charge in [-0.15, -0.1) is 0 Å². The number of nitrogens with zero attached hydrogens (tertiary/aromatic N) is 1. The zero-order chi connectivity index (χ0) is 30.8. The lowest BCUT2D eigenvalue weighted by atomic mass is 9.95. The van der Waals surface area contributed by atoms with E-state index in [-0.39, 0.29) is 24.5 Å². The van der Waals surface area contributed by atoms with E-state index in [1.165, 1.54) is 13.3 Å². The monoisotopic (exact) mass is 606 g/mol. The van der Waals surface area contributed by atoms with Crippen molar-refractivity contribution in [3.05, 3.63) is 99.7 Å². The molecule has 1 aliphatic rings. The highest BCUT2D eigenvalue weighted by Crippen LogP contribution is 2.34. The van der Waals surface area contributed by atoms with Gasteiger partial charge in [0.05, 0.1) is 31.5 Å². The van der Waals surface area contributed by atoms with E-state index in [4.69, 9.17) is 30.5 Å². The highest BCUT2D eigenvalue weighted by molar-refractivity contribution is 6.30. The number of hydrogen-bond acceptors (Lipinski definition) is 8. The first-order valence-corrected chi connectivity index (χ1v) is 13.7. The molecule has 0 radical (unpaired) electrons. The molecule has 3 N–H and O–H groups in total. The molecule has 0 unspecified atom stereocenters. The number of urea groups is 1. The molecule has 0 fully saturated rings. The second-order valence-corrected chi connectivity index (χ2v) is 9.71. The van der Waals surface area contributed by atoms with Gasteiger partial charge in [0.15, 0.2) is 18.1 Å². The van der Waals surface area contributed by atoms with E-state index in [1.54, 1.807) is 44.2 Å². The number of hydrazone groups is 1. The summed E-state index contributed by atoms with van der Waals surface area (Å²) in [5.74, 6) is 0.180. The Morgan fingerprint density at radius 3 is 2.63 bits per heavy atom. The Balaban J connectivity index is 1.34. The molecule has 43 heavy (non-hydrogen) atoms. The van der Waals surface area contributed by atoms with Gasteiger partial charge in [-0.1, -0.05) is 41.9 Å². The highest BCUT2D eigenvalue weighted by Gasteiger charge is 2.32. The number of benzene rings is 3. The summed E-state index contributed by atoms with van der Waals surface area (Å²) in [6.45, 7) is 3.53. The lowest BCUT2D eigenvalue weighted by Crippen LogP contribution is -2.45. The highest BCUT2D eigenvalue weighted by atomic mass is 35.5. The minimum atomic E-state index is -0.769. The number of methoxy groups -OCH3 is 1. The minimum Gasteiger partial charge on any atom is -0.493 e. The Labute approximate surface area is 253 Å². The molecule has 3 aromatic rings. The molecular formula is C31H31ClN4O7. The zero-order valence-corrected chi connectivity index (χ0v) is 24.6. The van der Waals surface area contributed by atoms with Crippen molar-refractivity contribution in [1.82, 2.24) is 16.1 Å². The molecule has 11 nitrogen and oxygen atoms in total. The summed E-state index contributed by atoms with van der Waals surface area (Å²) in [5.41, 5.74) is 5.31. The van der Waals surface area contributed by atoms with Crippen LogP contribution in [-0.2, 0) is 20.9 Å². The van der Waals surface area contributed by atoms with Crippen LogP contribution in [0.2, 0.25) is 5.02 Å². The van der Waals surface area contributed by atoms with Crippen molar-refractivity contribution in [2.24, 2.45) is 5.10 Å². The van der Waals surface area contributed by atoms with E-state index in [9.17, 15) is 14.4 Å². The number of halogens is 1. The van der Waals surface area contributed by atoms with E-state index in [0.29, 0.717) is 34.4 Å². The topological polar surface area (TPSA) is 137 Å². The average Bonchev–Trinajstić information content (AvgIpc) is 2.99. The first kappa shape index (κ1) is 30.9. The van der Waals surface area contributed by atoms with Crippen molar-refractivity contribution < 1.29 is 33.3 Å². The molecule has 3 aromatic carbocycles. The molecule has 224 valence electrons. The van der Waals surface area contributed by atoms with Crippen molar-refractivity contribution in [2.75, 3.05) is 20.3 Å². The fourth-order valence-electron chi connectivity index (χ4n) is 4.24. The summed E-state index contributed by atoms with van der Waals surface area (Å²) in [7, 11) is 1.44. The molecule has 3 amide bonds. The second kappa shape index (κ2) is 14.7. The van der Waals surface area contributed by atoms with Gasteiger partial charge >= 0.3 is 12.0 Å². The standard InChI is InChI=1S/C31H31ClN4O7/c1-4-41-30(38)28-19(2)34-31(39)35-29(28)22-11-12-25(26(15-22)40-3)43-18-27(37)36-33-16-20-7-6-10-24(14-20)42-17-21-8-5-9-23(32)13-21/h5-16,29H,4,17-18H2,1-3H3,(H,36,37)(H2,34,35,39)/b33-16+/t29-/m1/s1. The molecule has 4 rings (SSSR count). The molecule has 0 aromatic heterocycles. The van der Waals surface area contributed by atoms with Crippen LogP contribution in [0.4, 0.5) is 4.79 Å². The normalized spacial score (nSPS) is 14.5. The third-order valence-electron chi connectivity index (χ3n) is 6.20. The Morgan fingerprint density at radius 2 is 1.86 bits per heavy atom. The molecule has 1 heterocycles. The van der Waals surface area contributed by atoms with Crippen LogP contribution in [0, 0.1) is 0 Å². The van der Waals surface area contributed by atoms with Crippen LogP contribution in [-0.4, -0.2) is 44.4 Å². The maximum atomic E-state index is 12.6. The van der Waals surface area contributed by atoms with Crippen LogP contribution < -0.4 is 30.3 Å². The SMILES string of the molecule is CCOC(=O)C1=C(C)NC(=O)N[C@@H]1c1ccc(OCC(=O)N/N=C/c2cccc(OCc3cccc(Cl)c3)c2)c(OC)c1. The van der Waals surface area contributed by atoms with E-state index in [1.807, 2.05) is 36.4 Å². The van der Waals surface area contributed by atoms with E-state index < -0.39 is 23.9 Å².